The number of rotatable bonds is 5. The van der Waals surface area contributed by atoms with Gasteiger partial charge in [0.15, 0.2) is 0 Å². The van der Waals surface area contributed by atoms with Gasteiger partial charge in [0, 0.05) is 18.4 Å². The lowest BCUT2D eigenvalue weighted by molar-refractivity contribution is 0.188. The highest BCUT2D eigenvalue weighted by molar-refractivity contribution is 5.74. The number of nitrogens with two attached hydrogens (primary N) is 1. The predicted molar refractivity (Wildman–Crippen MR) is 72.1 cm³/mol. The number of nitrogen functional groups attached to an aromatic ring is 1. The van der Waals surface area contributed by atoms with E-state index in [-0.39, 0.29) is 12.1 Å². The minimum atomic E-state index is -0.188. The number of nitrogens with one attached hydrogen (secondary N) is 2. The molecule has 1 aliphatic rings. The molecular formula is C13H19N3O3. The fourth-order valence-corrected chi connectivity index (χ4v) is 1.82. The first-order valence-corrected chi connectivity index (χ1v) is 6.34. The Hall–Kier alpha value is -1.95. The van der Waals surface area contributed by atoms with Gasteiger partial charge in [-0.15, -0.1) is 0 Å². The first kappa shape index (κ1) is 13.5. The third kappa shape index (κ3) is 4.67. The zero-order chi connectivity index (χ0) is 13.5. The number of benzene rings is 1. The maximum Gasteiger partial charge on any atom is 0.315 e. The minimum Gasteiger partial charge on any atom is -0.492 e. The Morgan fingerprint density at radius 2 is 2.42 bits per heavy atom. The van der Waals surface area contributed by atoms with Gasteiger partial charge in [0.1, 0.15) is 12.4 Å². The van der Waals surface area contributed by atoms with Crippen LogP contribution in [0, 0.1) is 0 Å². The molecule has 0 radical (unpaired) electrons. The number of amides is 2. The van der Waals surface area contributed by atoms with Crippen molar-refractivity contribution in [2.45, 2.75) is 12.5 Å². The van der Waals surface area contributed by atoms with E-state index in [0.29, 0.717) is 37.8 Å². The topological polar surface area (TPSA) is 85.6 Å². The van der Waals surface area contributed by atoms with Crippen molar-refractivity contribution in [1.82, 2.24) is 10.6 Å². The summed E-state index contributed by atoms with van der Waals surface area (Å²) in [5.41, 5.74) is 6.29. The van der Waals surface area contributed by atoms with Crippen LogP contribution in [0.2, 0.25) is 0 Å². The lowest BCUT2D eigenvalue weighted by Crippen LogP contribution is -2.43. The van der Waals surface area contributed by atoms with Crippen LogP contribution >= 0.6 is 0 Å². The van der Waals surface area contributed by atoms with Crippen LogP contribution in [0.5, 0.6) is 5.75 Å². The van der Waals surface area contributed by atoms with Crippen LogP contribution in [0.25, 0.3) is 0 Å². The summed E-state index contributed by atoms with van der Waals surface area (Å²) in [5.74, 6) is 0.700. The van der Waals surface area contributed by atoms with E-state index in [1.807, 2.05) is 12.1 Å². The van der Waals surface area contributed by atoms with E-state index in [4.69, 9.17) is 15.2 Å². The molecule has 1 atom stereocenters. The van der Waals surface area contributed by atoms with Crippen LogP contribution in [0.1, 0.15) is 6.42 Å². The van der Waals surface area contributed by atoms with Crippen LogP contribution in [0.15, 0.2) is 24.3 Å². The molecule has 0 spiro atoms. The van der Waals surface area contributed by atoms with Gasteiger partial charge in [-0.3, -0.25) is 0 Å². The van der Waals surface area contributed by atoms with Crippen molar-refractivity contribution < 1.29 is 14.3 Å². The van der Waals surface area contributed by atoms with Gasteiger partial charge in [-0.1, -0.05) is 6.07 Å². The smallest absolute Gasteiger partial charge is 0.315 e. The summed E-state index contributed by atoms with van der Waals surface area (Å²) in [6.45, 7) is 2.14. The van der Waals surface area contributed by atoms with Gasteiger partial charge in [0.2, 0.25) is 0 Å². The fourth-order valence-electron chi connectivity index (χ4n) is 1.82. The van der Waals surface area contributed by atoms with E-state index >= 15 is 0 Å². The molecule has 4 N–H and O–H groups in total. The molecule has 1 saturated heterocycles. The maximum atomic E-state index is 11.5. The largest absolute Gasteiger partial charge is 0.492 e. The number of ether oxygens (including phenoxy) is 2. The third-order valence-corrected chi connectivity index (χ3v) is 2.78. The SMILES string of the molecule is Nc1cccc(OCCNC(=O)NC2CCOC2)c1. The first-order chi connectivity index (χ1) is 9.24. The van der Waals surface area contributed by atoms with Crippen molar-refractivity contribution in [2.75, 3.05) is 32.1 Å². The molecule has 1 fully saturated rings. The Bertz CT molecular complexity index is 419. The molecule has 6 nitrogen and oxygen atoms in total. The van der Waals surface area contributed by atoms with Gasteiger partial charge in [-0.05, 0) is 18.6 Å². The van der Waals surface area contributed by atoms with Gasteiger partial charge in [-0.25, -0.2) is 4.79 Å². The van der Waals surface area contributed by atoms with Crippen LogP contribution < -0.4 is 21.1 Å². The summed E-state index contributed by atoms with van der Waals surface area (Å²) in [6, 6.07) is 7.12. The highest BCUT2D eigenvalue weighted by Crippen LogP contribution is 2.13. The van der Waals surface area contributed by atoms with Crippen molar-refractivity contribution >= 4 is 11.7 Å². The number of anilines is 1. The minimum absolute atomic E-state index is 0.120. The van der Waals surface area contributed by atoms with E-state index < -0.39 is 0 Å². The van der Waals surface area contributed by atoms with Crippen molar-refractivity contribution in [3.63, 3.8) is 0 Å². The molecule has 6 heteroatoms. The molecule has 0 bridgehead atoms. The Balaban J connectivity index is 1.59. The summed E-state index contributed by atoms with van der Waals surface area (Å²) >= 11 is 0. The van der Waals surface area contributed by atoms with Gasteiger partial charge in [0.05, 0.1) is 19.2 Å². The zero-order valence-corrected chi connectivity index (χ0v) is 10.7. The van der Waals surface area contributed by atoms with Crippen LogP contribution in [0.4, 0.5) is 10.5 Å². The first-order valence-electron chi connectivity index (χ1n) is 6.34. The molecule has 2 rings (SSSR count). The van der Waals surface area contributed by atoms with Crippen molar-refractivity contribution in [2.24, 2.45) is 0 Å². The number of hydrogen-bond donors (Lipinski definition) is 3. The van der Waals surface area contributed by atoms with Crippen molar-refractivity contribution in [3.05, 3.63) is 24.3 Å². The predicted octanol–water partition coefficient (Wildman–Crippen LogP) is 0.736. The monoisotopic (exact) mass is 265 g/mol. The maximum absolute atomic E-state index is 11.5. The molecule has 0 aliphatic carbocycles. The van der Waals surface area contributed by atoms with Gasteiger partial charge >= 0.3 is 6.03 Å². The van der Waals surface area contributed by atoms with Crippen LogP contribution in [-0.2, 0) is 4.74 Å². The highest BCUT2D eigenvalue weighted by atomic mass is 16.5. The van der Waals surface area contributed by atoms with Crippen molar-refractivity contribution in [1.29, 1.82) is 0 Å². The average molecular weight is 265 g/mol. The Kier molecular flexibility index (Phi) is 4.85. The number of urea groups is 1. The van der Waals surface area contributed by atoms with Gasteiger partial charge < -0.3 is 25.8 Å². The Labute approximate surface area is 112 Å². The Morgan fingerprint density at radius 3 is 3.16 bits per heavy atom. The fraction of sp³-hybridized carbons (Fsp3) is 0.462. The highest BCUT2D eigenvalue weighted by Gasteiger charge is 2.17. The van der Waals surface area contributed by atoms with Crippen molar-refractivity contribution in [3.8, 4) is 5.75 Å². The van der Waals surface area contributed by atoms with E-state index in [1.165, 1.54) is 0 Å². The second-order valence-electron chi connectivity index (χ2n) is 4.38. The molecule has 1 heterocycles. The Morgan fingerprint density at radius 1 is 1.53 bits per heavy atom. The van der Waals surface area contributed by atoms with E-state index in [2.05, 4.69) is 10.6 Å². The van der Waals surface area contributed by atoms with Crippen LogP contribution in [0.3, 0.4) is 0 Å². The standard InChI is InChI=1S/C13H19N3O3/c14-10-2-1-3-12(8-10)19-7-5-15-13(17)16-11-4-6-18-9-11/h1-3,8,11H,4-7,9,14H2,(H2,15,16,17). The molecular weight excluding hydrogens is 246 g/mol. The molecule has 0 saturated carbocycles. The zero-order valence-electron chi connectivity index (χ0n) is 10.7. The summed E-state index contributed by atoms with van der Waals surface area (Å²) in [5, 5.41) is 5.57. The molecule has 1 aliphatic heterocycles. The lowest BCUT2D eigenvalue weighted by Gasteiger charge is -2.12. The lowest BCUT2D eigenvalue weighted by atomic mass is 10.3. The molecule has 2 amide bonds. The van der Waals surface area contributed by atoms with E-state index in [9.17, 15) is 4.79 Å². The van der Waals surface area contributed by atoms with E-state index in [1.54, 1.807) is 12.1 Å². The summed E-state index contributed by atoms with van der Waals surface area (Å²) in [4.78, 5) is 11.5. The normalized spacial score (nSPS) is 18.0. The average Bonchev–Trinajstić information content (AvgIpc) is 2.87. The van der Waals surface area contributed by atoms with Gasteiger partial charge in [0.25, 0.3) is 0 Å². The molecule has 1 unspecified atom stereocenters. The second-order valence-corrected chi connectivity index (χ2v) is 4.38. The summed E-state index contributed by atoms with van der Waals surface area (Å²) in [6.07, 6.45) is 0.868. The molecule has 0 aromatic heterocycles. The summed E-state index contributed by atoms with van der Waals surface area (Å²) in [7, 11) is 0. The second kappa shape index (κ2) is 6.84. The van der Waals surface area contributed by atoms with Gasteiger partial charge in [-0.2, -0.15) is 0 Å². The molecule has 1 aromatic rings. The number of carbonyl (C=O) groups is 1. The molecule has 1 aromatic carbocycles. The molecule has 19 heavy (non-hydrogen) atoms. The third-order valence-electron chi connectivity index (χ3n) is 2.78. The number of hydrogen-bond acceptors (Lipinski definition) is 4. The molecule has 104 valence electrons. The quantitative estimate of drug-likeness (QED) is 0.541. The summed E-state index contributed by atoms with van der Waals surface area (Å²) < 4.78 is 10.6. The number of carbonyl (C=O) groups excluding carboxylic acids is 1. The van der Waals surface area contributed by atoms with Crippen LogP contribution in [-0.4, -0.2) is 38.4 Å². The van der Waals surface area contributed by atoms with E-state index in [0.717, 1.165) is 6.42 Å².